The molecule has 0 spiro atoms. The van der Waals surface area contributed by atoms with Crippen LogP contribution in [0, 0.1) is 0 Å². The first-order valence-corrected chi connectivity index (χ1v) is 10.7. The van der Waals surface area contributed by atoms with Crippen molar-refractivity contribution in [1.82, 2.24) is 10.6 Å². The molecule has 3 rings (SSSR count). The van der Waals surface area contributed by atoms with E-state index in [1.807, 2.05) is 25.1 Å². The summed E-state index contributed by atoms with van der Waals surface area (Å²) in [4.78, 5) is 26.2. The molecule has 1 saturated heterocycles. The Balaban J connectivity index is 1.64. The molecule has 3 amide bonds. The number of quaternary nitrogens is 1. The Labute approximate surface area is 173 Å². The molecule has 7 heteroatoms. The number of methoxy groups -OCH3 is 2. The second-order valence-electron chi connectivity index (χ2n) is 8.15. The summed E-state index contributed by atoms with van der Waals surface area (Å²) >= 11 is 0. The number of ether oxygens (including phenoxy) is 2. The summed E-state index contributed by atoms with van der Waals surface area (Å²) in [7, 11) is 3.28. The summed E-state index contributed by atoms with van der Waals surface area (Å²) < 4.78 is 10.9. The average molecular weight is 405 g/mol. The van der Waals surface area contributed by atoms with E-state index < -0.39 is 0 Å². The van der Waals surface area contributed by atoms with Crippen molar-refractivity contribution in [2.45, 2.75) is 70.0 Å². The van der Waals surface area contributed by atoms with Crippen LogP contribution in [0.5, 0.6) is 11.5 Å². The molecule has 3 atom stereocenters. The number of hydrogen-bond donors (Lipinski definition) is 3. The Morgan fingerprint density at radius 1 is 1.07 bits per heavy atom. The molecule has 0 bridgehead atoms. The molecule has 1 aromatic rings. The fraction of sp³-hybridized carbons (Fsp3) is 0.636. The van der Waals surface area contributed by atoms with E-state index in [9.17, 15) is 9.59 Å². The lowest BCUT2D eigenvalue weighted by Gasteiger charge is -2.28. The minimum Gasteiger partial charge on any atom is -0.497 e. The first-order chi connectivity index (χ1) is 14.0. The molecular formula is C22H34N3O4+. The zero-order valence-corrected chi connectivity index (χ0v) is 17.8. The summed E-state index contributed by atoms with van der Waals surface area (Å²) in [5.74, 6) is 1.29. The number of carbonyl (C=O) groups is 2. The number of urea groups is 1. The van der Waals surface area contributed by atoms with Crippen molar-refractivity contribution < 1.29 is 24.0 Å². The summed E-state index contributed by atoms with van der Waals surface area (Å²) in [5.41, 5.74) is 1.08. The van der Waals surface area contributed by atoms with Crippen molar-refractivity contribution in [3.63, 3.8) is 0 Å². The van der Waals surface area contributed by atoms with Crippen LogP contribution in [-0.2, 0) is 4.79 Å². The highest BCUT2D eigenvalue weighted by Crippen LogP contribution is 2.31. The van der Waals surface area contributed by atoms with Gasteiger partial charge in [0.05, 0.1) is 26.3 Å². The second kappa shape index (κ2) is 9.96. The molecule has 1 unspecified atom stereocenters. The van der Waals surface area contributed by atoms with Crippen molar-refractivity contribution in [2.24, 2.45) is 0 Å². The number of amides is 3. The van der Waals surface area contributed by atoms with Gasteiger partial charge < -0.3 is 19.7 Å². The van der Waals surface area contributed by atoms with Crippen molar-refractivity contribution in [3.8, 4) is 11.5 Å². The lowest BCUT2D eigenvalue weighted by molar-refractivity contribution is -0.932. The summed E-state index contributed by atoms with van der Waals surface area (Å²) in [5, 5.41) is 5.52. The Morgan fingerprint density at radius 3 is 2.52 bits per heavy atom. The maximum atomic E-state index is 12.8. The van der Waals surface area contributed by atoms with Crippen LogP contribution in [0.4, 0.5) is 4.79 Å². The largest absolute Gasteiger partial charge is 0.497 e. The van der Waals surface area contributed by atoms with Crippen LogP contribution in [0.15, 0.2) is 18.2 Å². The zero-order valence-electron chi connectivity index (χ0n) is 17.8. The quantitative estimate of drug-likeness (QED) is 0.677. The van der Waals surface area contributed by atoms with Gasteiger partial charge in [-0.05, 0) is 31.9 Å². The molecule has 3 N–H and O–H groups in total. The van der Waals surface area contributed by atoms with Gasteiger partial charge in [0.2, 0.25) is 0 Å². The average Bonchev–Trinajstić information content (AvgIpc) is 3.22. The van der Waals surface area contributed by atoms with Crippen LogP contribution in [0.1, 0.15) is 63.5 Å². The Morgan fingerprint density at radius 2 is 1.83 bits per heavy atom. The topological polar surface area (TPSA) is 81.1 Å². The molecule has 2 fully saturated rings. The van der Waals surface area contributed by atoms with E-state index in [2.05, 4.69) is 10.6 Å². The van der Waals surface area contributed by atoms with E-state index in [-0.39, 0.29) is 30.1 Å². The van der Waals surface area contributed by atoms with Crippen LogP contribution in [-0.4, -0.2) is 44.8 Å². The van der Waals surface area contributed by atoms with E-state index in [0.29, 0.717) is 0 Å². The number of nitrogens with one attached hydrogen (secondary N) is 3. The molecule has 0 radical (unpaired) electrons. The highest BCUT2D eigenvalue weighted by Gasteiger charge is 2.39. The number of carbonyl (C=O) groups excluding carboxylic acids is 2. The molecule has 29 heavy (non-hydrogen) atoms. The van der Waals surface area contributed by atoms with Crippen molar-refractivity contribution in [3.05, 3.63) is 23.8 Å². The molecule has 0 aromatic heterocycles. The van der Waals surface area contributed by atoms with Gasteiger partial charge in [-0.25, -0.2) is 4.79 Å². The van der Waals surface area contributed by atoms with Gasteiger partial charge in [-0.1, -0.05) is 19.3 Å². The van der Waals surface area contributed by atoms with E-state index in [1.54, 1.807) is 14.2 Å². The van der Waals surface area contributed by atoms with Gasteiger partial charge in [0.15, 0.2) is 6.04 Å². The second-order valence-corrected chi connectivity index (χ2v) is 8.15. The SMILES string of the molecule is COc1ccc([C@H]2CCC[NH+]2[C@H](C)C(=O)NC(=O)NC2CCCCC2)c(OC)c1. The molecular weight excluding hydrogens is 370 g/mol. The van der Waals surface area contributed by atoms with Gasteiger partial charge in [-0.3, -0.25) is 10.1 Å². The number of hydrogen-bond acceptors (Lipinski definition) is 4. The Hall–Kier alpha value is -2.28. The number of imide groups is 1. The predicted octanol–water partition coefficient (Wildman–Crippen LogP) is 1.97. The maximum absolute atomic E-state index is 12.8. The lowest BCUT2D eigenvalue weighted by Crippen LogP contribution is -3.15. The van der Waals surface area contributed by atoms with Gasteiger partial charge in [0.1, 0.15) is 17.5 Å². The van der Waals surface area contributed by atoms with Crippen LogP contribution < -0.4 is 25.0 Å². The molecule has 1 saturated carbocycles. The lowest BCUT2D eigenvalue weighted by atomic mass is 9.96. The van der Waals surface area contributed by atoms with Gasteiger partial charge in [-0.15, -0.1) is 0 Å². The first kappa shape index (κ1) is 21.4. The molecule has 7 nitrogen and oxygen atoms in total. The molecule has 2 aliphatic rings. The summed E-state index contributed by atoms with van der Waals surface area (Å²) in [6.07, 6.45) is 7.49. The summed E-state index contributed by atoms with van der Waals surface area (Å²) in [6, 6.07) is 5.47. The standard InChI is InChI=1S/C22H33N3O4/c1-15(21(26)24-22(27)23-16-8-5-4-6-9-16)25-13-7-10-19(25)18-12-11-17(28-2)14-20(18)29-3/h11-12,14-16,19H,4-10,13H2,1-3H3,(H2,23,24,26,27)/p+1/t15-,19-/m1/s1. The van der Waals surface area contributed by atoms with Crippen molar-refractivity contribution >= 4 is 11.9 Å². The Bertz CT molecular complexity index is 718. The van der Waals surface area contributed by atoms with Crippen LogP contribution in [0.3, 0.4) is 0 Å². The first-order valence-electron chi connectivity index (χ1n) is 10.7. The molecule has 1 aromatic carbocycles. The normalized spacial score (nSPS) is 23.3. The van der Waals surface area contributed by atoms with E-state index in [4.69, 9.17) is 9.47 Å². The van der Waals surface area contributed by atoms with E-state index in [0.717, 1.165) is 67.0 Å². The molecule has 1 heterocycles. The predicted molar refractivity (Wildman–Crippen MR) is 110 cm³/mol. The third-order valence-corrected chi connectivity index (χ3v) is 6.35. The third kappa shape index (κ3) is 5.21. The smallest absolute Gasteiger partial charge is 0.321 e. The zero-order chi connectivity index (χ0) is 20.8. The fourth-order valence-corrected chi connectivity index (χ4v) is 4.71. The number of rotatable bonds is 6. The number of likely N-dealkylation sites (tertiary alicyclic amines) is 1. The van der Waals surface area contributed by atoms with Crippen molar-refractivity contribution in [1.29, 1.82) is 0 Å². The highest BCUT2D eigenvalue weighted by molar-refractivity contribution is 5.96. The molecule has 1 aliphatic heterocycles. The molecule has 160 valence electrons. The summed E-state index contributed by atoms with van der Waals surface area (Å²) in [6.45, 7) is 2.78. The van der Waals surface area contributed by atoms with Crippen molar-refractivity contribution in [2.75, 3.05) is 20.8 Å². The molecule has 1 aliphatic carbocycles. The third-order valence-electron chi connectivity index (χ3n) is 6.35. The van der Waals surface area contributed by atoms with E-state index in [1.165, 1.54) is 6.42 Å². The monoisotopic (exact) mass is 404 g/mol. The van der Waals surface area contributed by atoms with Gasteiger partial charge in [-0.2, -0.15) is 0 Å². The van der Waals surface area contributed by atoms with Crippen LogP contribution >= 0.6 is 0 Å². The Kier molecular flexibility index (Phi) is 7.36. The highest BCUT2D eigenvalue weighted by atomic mass is 16.5. The van der Waals surface area contributed by atoms with E-state index >= 15 is 0 Å². The fourth-order valence-electron chi connectivity index (χ4n) is 4.71. The number of benzene rings is 1. The van der Waals surface area contributed by atoms with Crippen LogP contribution in [0.2, 0.25) is 0 Å². The van der Waals surface area contributed by atoms with Gasteiger partial charge in [0.25, 0.3) is 5.91 Å². The van der Waals surface area contributed by atoms with Gasteiger partial charge >= 0.3 is 6.03 Å². The van der Waals surface area contributed by atoms with Crippen LogP contribution in [0.25, 0.3) is 0 Å². The van der Waals surface area contributed by atoms with Gasteiger partial charge in [0, 0.05) is 24.9 Å². The minimum atomic E-state index is -0.370. The minimum absolute atomic E-state index is 0.151. The maximum Gasteiger partial charge on any atom is 0.321 e.